The van der Waals surface area contributed by atoms with Crippen LogP contribution in [-0.4, -0.2) is 82.6 Å². The van der Waals surface area contributed by atoms with E-state index in [4.69, 9.17) is 9.47 Å². The molecule has 2 aromatic rings. The third kappa shape index (κ3) is 7.10. The number of amides is 2. The second kappa shape index (κ2) is 13.0. The summed E-state index contributed by atoms with van der Waals surface area (Å²) in [6.45, 7) is -3.02. The molecule has 1 fully saturated rings. The number of carboxylic acid groups (broad SMARTS) is 1. The molecule has 5 N–H and O–H groups in total. The number of benzene rings is 2. The Labute approximate surface area is 220 Å². The predicted octanol–water partition coefficient (Wildman–Crippen LogP) is -1.32. The van der Waals surface area contributed by atoms with Crippen molar-refractivity contribution in [1.82, 2.24) is 10.6 Å². The van der Waals surface area contributed by atoms with Crippen LogP contribution in [0, 0.1) is 11.6 Å². The van der Waals surface area contributed by atoms with Crippen LogP contribution in [0.25, 0.3) is 0 Å². The van der Waals surface area contributed by atoms with Gasteiger partial charge in [-0.05, 0) is 18.2 Å². The molecule has 0 bridgehead atoms. The molecule has 1 heterocycles. The van der Waals surface area contributed by atoms with Crippen LogP contribution in [0.3, 0.4) is 0 Å². The minimum absolute atomic E-state index is 0.227. The first kappa shape index (κ1) is 30.0. The zero-order valence-corrected chi connectivity index (χ0v) is 20.3. The third-order valence-corrected chi connectivity index (χ3v) is 6.06. The van der Waals surface area contributed by atoms with Gasteiger partial charge in [0, 0.05) is 24.1 Å². The Hall–Kier alpha value is -3.56. The van der Waals surface area contributed by atoms with Gasteiger partial charge in [-0.25, -0.2) is 13.2 Å². The van der Waals surface area contributed by atoms with Crippen LogP contribution in [0.2, 0.25) is 0 Å². The zero-order valence-electron chi connectivity index (χ0n) is 20.3. The fraction of sp³-hybridized carbons (Fsp3) is 0.400. The van der Waals surface area contributed by atoms with Gasteiger partial charge < -0.3 is 45.3 Å². The average molecular weight is 555 g/mol. The smallest absolute Gasteiger partial charge is 0.251 e. The maximum Gasteiger partial charge on any atom is 0.251 e. The summed E-state index contributed by atoms with van der Waals surface area (Å²) in [6, 6.07) is 9.19. The van der Waals surface area contributed by atoms with Crippen molar-refractivity contribution in [3.05, 3.63) is 71.3 Å². The van der Waals surface area contributed by atoms with Crippen molar-refractivity contribution in [1.29, 1.82) is 0 Å². The van der Waals surface area contributed by atoms with Crippen LogP contribution >= 0.6 is 0 Å². The molecule has 0 spiro atoms. The number of alkyl halides is 1. The van der Waals surface area contributed by atoms with Gasteiger partial charge in [0.05, 0.1) is 24.9 Å². The SMILES string of the molecule is O=C(CF)N[C@H]1[C@H]([C@H](O)[C@H](O)CNC(=O)c2ccccc2)O[C@@](OCc2cccc(F)c2F)(C(=O)[O-])C[C@@H]1O. The summed E-state index contributed by atoms with van der Waals surface area (Å²) < 4.78 is 51.2. The van der Waals surface area contributed by atoms with Crippen molar-refractivity contribution in [2.75, 3.05) is 13.2 Å². The van der Waals surface area contributed by atoms with Crippen molar-refractivity contribution in [3.8, 4) is 0 Å². The highest BCUT2D eigenvalue weighted by molar-refractivity contribution is 5.94. The van der Waals surface area contributed by atoms with Crippen molar-refractivity contribution >= 4 is 17.8 Å². The lowest BCUT2D eigenvalue weighted by atomic mass is 9.88. The predicted molar refractivity (Wildman–Crippen MR) is 123 cm³/mol. The van der Waals surface area contributed by atoms with E-state index in [0.717, 1.165) is 18.2 Å². The van der Waals surface area contributed by atoms with Gasteiger partial charge in [0.1, 0.15) is 18.2 Å². The molecule has 0 unspecified atom stereocenters. The average Bonchev–Trinajstić information content (AvgIpc) is 2.93. The van der Waals surface area contributed by atoms with Crippen LogP contribution in [-0.2, 0) is 25.7 Å². The van der Waals surface area contributed by atoms with Crippen molar-refractivity contribution in [2.24, 2.45) is 0 Å². The van der Waals surface area contributed by atoms with E-state index in [2.05, 4.69) is 5.32 Å². The van der Waals surface area contributed by atoms with Crippen LogP contribution in [0.15, 0.2) is 48.5 Å². The summed E-state index contributed by atoms with van der Waals surface area (Å²) in [5, 5.41) is 48.5. The number of aliphatic carboxylic acids is 1. The number of carbonyl (C=O) groups is 3. The minimum atomic E-state index is -2.88. The van der Waals surface area contributed by atoms with E-state index in [9.17, 15) is 48.0 Å². The molecule has 0 radical (unpaired) electrons. The fourth-order valence-electron chi connectivity index (χ4n) is 4.01. The molecule has 1 aliphatic rings. The molecule has 39 heavy (non-hydrogen) atoms. The summed E-state index contributed by atoms with van der Waals surface area (Å²) in [5.74, 6) is -9.43. The topological polar surface area (TPSA) is 177 Å². The van der Waals surface area contributed by atoms with Gasteiger partial charge >= 0.3 is 0 Å². The molecule has 1 aliphatic heterocycles. The van der Waals surface area contributed by atoms with E-state index in [1.54, 1.807) is 18.2 Å². The minimum Gasteiger partial charge on any atom is -0.544 e. The molecule has 11 nitrogen and oxygen atoms in total. The lowest BCUT2D eigenvalue weighted by Gasteiger charge is -2.48. The number of ether oxygens (including phenoxy) is 2. The number of carbonyl (C=O) groups excluding carboxylic acids is 3. The molecule has 3 rings (SSSR count). The van der Waals surface area contributed by atoms with Gasteiger partial charge in [-0.1, -0.05) is 30.3 Å². The summed E-state index contributed by atoms with van der Waals surface area (Å²) >= 11 is 0. The molecular formula is C25H26F3N2O9-. The standard InChI is InChI=1S/C25H27F3N2O9/c26-10-18(33)30-20-16(31)9-25(24(36)37,38-12-14-7-4-8-15(27)19(14)28)39-22(20)21(34)17(32)11-29-23(35)13-5-2-1-3-6-13/h1-8,16-17,20-22,31-32,34H,9-12H2,(H,29,35)(H,30,33)(H,36,37)/p-1/t16-,17+,20+,21+,22+,25+/m0/s1. The first-order valence-electron chi connectivity index (χ1n) is 11.7. The molecule has 212 valence electrons. The molecule has 6 atom stereocenters. The molecule has 0 aliphatic carbocycles. The molecule has 1 saturated heterocycles. The van der Waals surface area contributed by atoms with Gasteiger partial charge in [0.25, 0.3) is 11.8 Å². The largest absolute Gasteiger partial charge is 0.544 e. The Morgan fingerprint density at radius 2 is 1.82 bits per heavy atom. The molecular weight excluding hydrogens is 529 g/mol. The van der Waals surface area contributed by atoms with E-state index >= 15 is 0 Å². The highest BCUT2D eigenvalue weighted by atomic mass is 19.2. The Kier molecular flexibility index (Phi) is 9.99. The van der Waals surface area contributed by atoms with Crippen molar-refractivity contribution < 1.29 is 57.5 Å². The van der Waals surface area contributed by atoms with E-state index in [1.165, 1.54) is 12.1 Å². The Balaban J connectivity index is 1.83. The number of carboxylic acids is 1. The quantitative estimate of drug-likeness (QED) is 0.225. The molecule has 2 aromatic carbocycles. The molecule has 14 heteroatoms. The Morgan fingerprint density at radius 1 is 1.13 bits per heavy atom. The summed E-state index contributed by atoms with van der Waals surface area (Å²) in [7, 11) is 0. The molecule has 0 saturated carbocycles. The number of aliphatic hydroxyl groups is 3. The number of aliphatic hydroxyl groups excluding tert-OH is 3. The van der Waals surface area contributed by atoms with Gasteiger partial charge in [0.2, 0.25) is 5.79 Å². The van der Waals surface area contributed by atoms with Crippen LogP contribution in [0.4, 0.5) is 13.2 Å². The zero-order chi connectivity index (χ0) is 28.7. The van der Waals surface area contributed by atoms with Crippen LogP contribution in [0.5, 0.6) is 0 Å². The summed E-state index contributed by atoms with van der Waals surface area (Å²) in [5.41, 5.74) is -0.187. The Morgan fingerprint density at radius 3 is 2.46 bits per heavy atom. The molecule has 0 aromatic heterocycles. The van der Waals surface area contributed by atoms with Crippen molar-refractivity contribution in [3.63, 3.8) is 0 Å². The normalized spacial score (nSPS) is 24.4. The first-order chi connectivity index (χ1) is 18.5. The van der Waals surface area contributed by atoms with E-state index < -0.39 is 97.5 Å². The van der Waals surface area contributed by atoms with Gasteiger partial charge in [-0.3, -0.25) is 9.59 Å². The number of halogens is 3. The third-order valence-electron chi connectivity index (χ3n) is 6.06. The lowest BCUT2D eigenvalue weighted by molar-refractivity contribution is -0.383. The first-order valence-corrected chi connectivity index (χ1v) is 11.7. The molecule has 2 amide bonds. The highest BCUT2D eigenvalue weighted by Gasteiger charge is 2.52. The monoisotopic (exact) mass is 555 g/mol. The van der Waals surface area contributed by atoms with Gasteiger partial charge in [0.15, 0.2) is 18.3 Å². The van der Waals surface area contributed by atoms with E-state index in [1.807, 2.05) is 5.32 Å². The van der Waals surface area contributed by atoms with Gasteiger partial charge in [-0.2, -0.15) is 0 Å². The number of rotatable bonds is 11. The number of hydrogen-bond acceptors (Lipinski definition) is 9. The number of hydrogen-bond donors (Lipinski definition) is 5. The second-order valence-electron chi connectivity index (χ2n) is 8.76. The van der Waals surface area contributed by atoms with Crippen molar-refractivity contribution in [2.45, 2.75) is 49.3 Å². The van der Waals surface area contributed by atoms with Crippen LogP contribution < -0.4 is 15.7 Å². The summed E-state index contributed by atoms with van der Waals surface area (Å²) in [4.78, 5) is 36.1. The number of nitrogens with one attached hydrogen (secondary N) is 2. The highest BCUT2D eigenvalue weighted by Crippen LogP contribution is 2.34. The lowest BCUT2D eigenvalue weighted by Crippen LogP contribution is -2.70. The fourth-order valence-corrected chi connectivity index (χ4v) is 4.01. The Bertz CT molecular complexity index is 1170. The van der Waals surface area contributed by atoms with Crippen LogP contribution in [0.1, 0.15) is 22.3 Å². The maximum absolute atomic E-state index is 14.1. The maximum atomic E-state index is 14.1. The van der Waals surface area contributed by atoms with E-state index in [-0.39, 0.29) is 5.56 Å². The summed E-state index contributed by atoms with van der Waals surface area (Å²) in [6.07, 6.45) is -8.77. The van der Waals surface area contributed by atoms with Gasteiger partial charge in [-0.15, -0.1) is 0 Å². The second-order valence-corrected chi connectivity index (χ2v) is 8.76. The van der Waals surface area contributed by atoms with E-state index in [0.29, 0.717) is 0 Å².